The Morgan fingerprint density at radius 1 is 1.15 bits per heavy atom. The van der Waals surface area contributed by atoms with Crippen molar-refractivity contribution in [3.63, 3.8) is 0 Å². The van der Waals surface area contributed by atoms with Crippen LogP contribution in [0.3, 0.4) is 0 Å². The minimum Gasteiger partial charge on any atom is -0.451 e. The Kier molecular flexibility index (Phi) is 5.61. The summed E-state index contributed by atoms with van der Waals surface area (Å²) in [7, 11) is 0. The zero-order chi connectivity index (χ0) is 19.4. The number of aryl methyl sites for hydroxylation is 2. The Balaban J connectivity index is 1.57. The average molecular weight is 384 g/mol. The normalized spacial score (nSPS) is 10.5. The van der Waals surface area contributed by atoms with Gasteiger partial charge in [-0.25, -0.2) is 14.2 Å². The molecule has 1 N–H and O–H groups in total. The van der Waals surface area contributed by atoms with Crippen molar-refractivity contribution >= 4 is 28.9 Å². The molecular weight excluding hydrogens is 367 g/mol. The minimum absolute atomic E-state index is 0.110. The van der Waals surface area contributed by atoms with E-state index in [9.17, 15) is 14.0 Å². The third-order valence-electron chi connectivity index (χ3n) is 3.79. The first kappa shape index (κ1) is 18.7. The van der Waals surface area contributed by atoms with Gasteiger partial charge in [0.25, 0.3) is 5.91 Å². The predicted octanol–water partition coefficient (Wildman–Crippen LogP) is 4.36. The van der Waals surface area contributed by atoms with E-state index in [1.54, 1.807) is 23.6 Å². The summed E-state index contributed by atoms with van der Waals surface area (Å²) in [4.78, 5) is 28.3. The smallest absolute Gasteiger partial charge is 0.358 e. The second-order valence-corrected chi connectivity index (χ2v) is 6.85. The number of halogens is 1. The van der Waals surface area contributed by atoms with Gasteiger partial charge in [-0.1, -0.05) is 17.7 Å². The summed E-state index contributed by atoms with van der Waals surface area (Å²) in [6, 6.07) is 11.5. The predicted molar refractivity (Wildman–Crippen MR) is 102 cm³/mol. The van der Waals surface area contributed by atoms with E-state index >= 15 is 0 Å². The Hall–Kier alpha value is -3.06. The van der Waals surface area contributed by atoms with Gasteiger partial charge in [-0.15, -0.1) is 11.3 Å². The molecule has 5 nitrogen and oxygen atoms in total. The van der Waals surface area contributed by atoms with Gasteiger partial charge in [0, 0.05) is 16.6 Å². The first-order valence-electron chi connectivity index (χ1n) is 8.18. The molecule has 0 unspecified atom stereocenters. The van der Waals surface area contributed by atoms with Gasteiger partial charge in [-0.3, -0.25) is 4.79 Å². The maximum atomic E-state index is 13.0. The van der Waals surface area contributed by atoms with Crippen LogP contribution in [-0.2, 0) is 9.53 Å². The second kappa shape index (κ2) is 8.09. The number of benzene rings is 2. The maximum absolute atomic E-state index is 13.0. The fraction of sp³-hybridized carbons (Fsp3) is 0.150. The third kappa shape index (κ3) is 4.77. The lowest BCUT2D eigenvalue weighted by Gasteiger charge is -2.09. The van der Waals surface area contributed by atoms with Gasteiger partial charge in [-0.2, -0.15) is 0 Å². The van der Waals surface area contributed by atoms with Gasteiger partial charge in [-0.05, 0) is 49.7 Å². The number of aromatic nitrogens is 1. The first-order chi connectivity index (χ1) is 12.9. The first-order valence-corrected chi connectivity index (χ1v) is 9.06. The number of hydrogen-bond acceptors (Lipinski definition) is 5. The summed E-state index contributed by atoms with van der Waals surface area (Å²) < 4.78 is 18.0. The van der Waals surface area contributed by atoms with Gasteiger partial charge < -0.3 is 10.1 Å². The van der Waals surface area contributed by atoms with E-state index < -0.39 is 18.5 Å². The molecule has 0 saturated carbocycles. The summed E-state index contributed by atoms with van der Waals surface area (Å²) >= 11 is 1.24. The molecule has 0 aliphatic carbocycles. The molecule has 0 atom stereocenters. The SMILES string of the molecule is Cc1ccc(NC(=O)COC(=O)c2csc(-c3ccc(F)cc3)n2)c(C)c1. The summed E-state index contributed by atoms with van der Waals surface area (Å²) in [6.07, 6.45) is 0. The van der Waals surface area contributed by atoms with Crippen LogP contribution in [0.1, 0.15) is 21.6 Å². The van der Waals surface area contributed by atoms with E-state index in [1.165, 1.54) is 23.5 Å². The standard InChI is InChI=1S/C20H17FN2O3S/c1-12-3-8-16(13(2)9-12)22-18(24)10-26-20(25)17-11-27-19(23-17)14-4-6-15(21)7-5-14/h3-9,11H,10H2,1-2H3,(H,22,24). The molecule has 0 aliphatic heterocycles. The zero-order valence-corrected chi connectivity index (χ0v) is 15.6. The van der Waals surface area contributed by atoms with E-state index in [0.717, 1.165) is 11.1 Å². The van der Waals surface area contributed by atoms with E-state index in [-0.39, 0.29) is 11.5 Å². The summed E-state index contributed by atoms with van der Waals surface area (Å²) in [5.74, 6) is -1.45. The number of carbonyl (C=O) groups is 2. The Bertz CT molecular complexity index is 983. The number of amides is 1. The number of ether oxygens (including phenoxy) is 1. The van der Waals surface area contributed by atoms with Crippen molar-refractivity contribution in [3.05, 3.63) is 70.5 Å². The van der Waals surface area contributed by atoms with Crippen LogP contribution in [0.15, 0.2) is 47.8 Å². The Morgan fingerprint density at radius 2 is 1.89 bits per heavy atom. The van der Waals surface area contributed by atoms with Gasteiger partial charge in [0.05, 0.1) is 0 Å². The molecule has 138 valence electrons. The number of rotatable bonds is 5. The molecule has 0 fully saturated rings. The van der Waals surface area contributed by atoms with Crippen LogP contribution in [0.2, 0.25) is 0 Å². The lowest BCUT2D eigenvalue weighted by molar-refractivity contribution is -0.119. The number of esters is 1. The summed E-state index contributed by atoms with van der Waals surface area (Å²) in [5, 5.41) is 4.83. The summed E-state index contributed by atoms with van der Waals surface area (Å²) in [5.41, 5.74) is 3.51. The van der Waals surface area contributed by atoms with E-state index in [2.05, 4.69) is 10.3 Å². The molecular formula is C20H17FN2O3S. The highest BCUT2D eigenvalue weighted by atomic mass is 32.1. The van der Waals surface area contributed by atoms with Crippen molar-refractivity contribution in [2.24, 2.45) is 0 Å². The molecule has 3 rings (SSSR count). The maximum Gasteiger partial charge on any atom is 0.358 e. The molecule has 1 heterocycles. The van der Waals surface area contributed by atoms with Gasteiger partial charge in [0.1, 0.15) is 10.8 Å². The molecule has 2 aromatic carbocycles. The van der Waals surface area contributed by atoms with E-state index in [0.29, 0.717) is 16.3 Å². The van der Waals surface area contributed by atoms with Crippen LogP contribution in [0.25, 0.3) is 10.6 Å². The van der Waals surface area contributed by atoms with Crippen LogP contribution < -0.4 is 5.32 Å². The van der Waals surface area contributed by atoms with Crippen LogP contribution >= 0.6 is 11.3 Å². The fourth-order valence-electron chi connectivity index (χ4n) is 2.44. The lowest BCUT2D eigenvalue weighted by Crippen LogP contribution is -2.21. The molecule has 0 bridgehead atoms. The number of nitrogens with one attached hydrogen (secondary N) is 1. The molecule has 0 aliphatic rings. The number of thiazole rings is 1. The second-order valence-electron chi connectivity index (χ2n) is 5.99. The Labute approximate surface area is 159 Å². The van der Waals surface area contributed by atoms with E-state index in [1.807, 2.05) is 26.0 Å². The van der Waals surface area contributed by atoms with Crippen molar-refractivity contribution < 1.29 is 18.7 Å². The molecule has 27 heavy (non-hydrogen) atoms. The molecule has 7 heteroatoms. The summed E-state index contributed by atoms with van der Waals surface area (Å²) in [6.45, 7) is 3.45. The highest BCUT2D eigenvalue weighted by Crippen LogP contribution is 2.24. The quantitative estimate of drug-likeness (QED) is 0.664. The zero-order valence-electron chi connectivity index (χ0n) is 14.8. The highest BCUT2D eigenvalue weighted by Gasteiger charge is 2.15. The van der Waals surface area contributed by atoms with Gasteiger partial charge >= 0.3 is 5.97 Å². The molecule has 0 spiro atoms. The van der Waals surface area contributed by atoms with Crippen molar-refractivity contribution in [2.75, 3.05) is 11.9 Å². The molecule has 1 amide bonds. The highest BCUT2D eigenvalue weighted by molar-refractivity contribution is 7.13. The fourth-order valence-corrected chi connectivity index (χ4v) is 3.23. The third-order valence-corrected chi connectivity index (χ3v) is 4.69. The molecule has 0 saturated heterocycles. The number of carbonyl (C=O) groups excluding carboxylic acids is 2. The molecule has 0 radical (unpaired) electrons. The largest absolute Gasteiger partial charge is 0.451 e. The van der Waals surface area contributed by atoms with Gasteiger partial charge in [0.15, 0.2) is 12.3 Å². The van der Waals surface area contributed by atoms with Crippen molar-refractivity contribution in [1.29, 1.82) is 0 Å². The number of anilines is 1. The number of hydrogen-bond donors (Lipinski definition) is 1. The Morgan fingerprint density at radius 3 is 2.59 bits per heavy atom. The lowest BCUT2D eigenvalue weighted by atomic mass is 10.1. The molecule has 1 aromatic heterocycles. The van der Waals surface area contributed by atoms with Crippen molar-refractivity contribution in [2.45, 2.75) is 13.8 Å². The molecule has 3 aromatic rings. The van der Waals surface area contributed by atoms with Crippen LogP contribution in [-0.4, -0.2) is 23.5 Å². The minimum atomic E-state index is -0.685. The van der Waals surface area contributed by atoms with E-state index in [4.69, 9.17) is 4.74 Å². The van der Waals surface area contributed by atoms with Crippen molar-refractivity contribution in [1.82, 2.24) is 4.98 Å². The van der Waals surface area contributed by atoms with Gasteiger partial charge in [0.2, 0.25) is 0 Å². The number of nitrogens with zero attached hydrogens (tertiary/aromatic N) is 1. The van der Waals surface area contributed by atoms with Crippen LogP contribution in [0.4, 0.5) is 10.1 Å². The average Bonchev–Trinajstić information content (AvgIpc) is 3.13. The van der Waals surface area contributed by atoms with Crippen LogP contribution in [0, 0.1) is 19.7 Å². The topological polar surface area (TPSA) is 68.3 Å². The monoisotopic (exact) mass is 384 g/mol. The van der Waals surface area contributed by atoms with Crippen molar-refractivity contribution in [3.8, 4) is 10.6 Å². The van der Waals surface area contributed by atoms with Crippen LogP contribution in [0.5, 0.6) is 0 Å².